The Labute approximate surface area is 155 Å². The summed E-state index contributed by atoms with van der Waals surface area (Å²) in [6.45, 7) is 1.68. The van der Waals surface area contributed by atoms with E-state index in [-0.39, 0.29) is 12.5 Å². The van der Waals surface area contributed by atoms with Gasteiger partial charge >= 0.3 is 0 Å². The summed E-state index contributed by atoms with van der Waals surface area (Å²) in [5, 5.41) is 2.75. The maximum Gasteiger partial charge on any atom is 0.245 e. The van der Waals surface area contributed by atoms with Crippen LogP contribution in [0.3, 0.4) is 0 Å². The maximum atomic E-state index is 12.4. The number of hydrogen-bond acceptors (Lipinski definition) is 4. The van der Waals surface area contributed by atoms with Gasteiger partial charge in [-0.25, -0.2) is 8.42 Å². The van der Waals surface area contributed by atoms with Crippen LogP contribution in [0, 0.1) is 0 Å². The Kier molecular flexibility index (Phi) is 6.26. The van der Waals surface area contributed by atoms with E-state index < -0.39 is 10.0 Å². The molecule has 0 radical (unpaired) electrons. The van der Waals surface area contributed by atoms with E-state index in [1.165, 1.54) is 0 Å². The number of rotatable bonds is 7. The lowest BCUT2D eigenvalue weighted by Crippen LogP contribution is -2.38. The third-order valence-electron chi connectivity index (χ3n) is 4.00. The van der Waals surface area contributed by atoms with Crippen molar-refractivity contribution in [2.24, 2.45) is 0 Å². The molecule has 2 aromatic carbocycles. The number of aryl methyl sites for hydroxylation is 1. The predicted octanol–water partition coefficient (Wildman–Crippen LogP) is 2.72. The first kappa shape index (κ1) is 19.8. The highest BCUT2D eigenvalue weighted by Crippen LogP contribution is 2.23. The summed E-state index contributed by atoms with van der Waals surface area (Å²) in [5.41, 5.74) is 3.05. The van der Waals surface area contributed by atoms with Crippen molar-refractivity contribution in [2.45, 2.75) is 13.3 Å². The molecular formula is C19H25N3O3S. The Morgan fingerprint density at radius 2 is 1.65 bits per heavy atom. The van der Waals surface area contributed by atoms with Gasteiger partial charge in [-0.05, 0) is 42.3 Å². The molecule has 26 heavy (non-hydrogen) atoms. The van der Waals surface area contributed by atoms with Gasteiger partial charge < -0.3 is 10.2 Å². The molecule has 2 aromatic rings. The summed E-state index contributed by atoms with van der Waals surface area (Å²) in [6, 6.07) is 14.6. The molecule has 0 aliphatic rings. The van der Waals surface area contributed by atoms with Gasteiger partial charge in [0.25, 0.3) is 0 Å². The molecule has 0 unspecified atom stereocenters. The van der Waals surface area contributed by atoms with Crippen LogP contribution >= 0.6 is 0 Å². The van der Waals surface area contributed by atoms with Crippen molar-refractivity contribution in [3.8, 4) is 0 Å². The first-order valence-electron chi connectivity index (χ1n) is 8.35. The Balaban J connectivity index is 2.19. The number of sulfonamides is 1. The third-order valence-corrected chi connectivity index (χ3v) is 5.12. The van der Waals surface area contributed by atoms with Crippen molar-refractivity contribution in [1.29, 1.82) is 0 Å². The molecule has 0 fully saturated rings. The maximum absolute atomic E-state index is 12.4. The van der Waals surface area contributed by atoms with Gasteiger partial charge in [-0.15, -0.1) is 0 Å². The average Bonchev–Trinajstić information content (AvgIpc) is 2.59. The average molecular weight is 375 g/mol. The van der Waals surface area contributed by atoms with Crippen LogP contribution in [0.4, 0.5) is 17.1 Å². The molecule has 0 saturated heterocycles. The molecule has 0 heterocycles. The Morgan fingerprint density at radius 1 is 1.04 bits per heavy atom. The van der Waals surface area contributed by atoms with E-state index in [0.29, 0.717) is 17.8 Å². The van der Waals surface area contributed by atoms with Gasteiger partial charge in [0.15, 0.2) is 0 Å². The molecule has 0 atom stereocenters. The number of amides is 1. The van der Waals surface area contributed by atoms with Gasteiger partial charge in [0, 0.05) is 25.5 Å². The molecule has 1 N–H and O–H groups in total. The van der Waals surface area contributed by atoms with Crippen LogP contribution < -0.4 is 14.5 Å². The second kappa shape index (κ2) is 8.23. The minimum Gasteiger partial charge on any atom is -0.378 e. The zero-order valence-electron chi connectivity index (χ0n) is 15.6. The summed E-state index contributed by atoms with van der Waals surface area (Å²) in [4.78, 5) is 14.4. The van der Waals surface area contributed by atoms with Crippen LogP contribution in [-0.2, 0) is 21.2 Å². The summed E-state index contributed by atoms with van der Waals surface area (Å²) in [7, 11) is 0.277. The summed E-state index contributed by atoms with van der Waals surface area (Å²) < 4.78 is 25.6. The Morgan fingerprint density at radius 3 is 2.19 bits per heavy atom. The standard InChI is InChI=1S/C19H25N3O3S/c1-5-15-8-6-7-9-18(15)22(26(4,24)25)14-19(23)20-16-10-12-17(13-11-16)21(2)3/h6-13H,5,14H2,1-4H3,(H,20,23). The van der Waals surface area contributed by atoms with E-state index >= 15 is 0 Å². The minimum atomic E-state index is -3.59. The minimum absolute atomic E-state index is 0.273. The van der Waals surface area contributed by atoms with Gasteiger partial charge in [0.1, 0.15) is 6.54 Å². The number of para-hydroxylation sites is 1. The lowest BCUT2D eigenvalue weighted by Gasteiger charge is -2.24. The zero-order chi connectivity index (χ0) is 19.3. The molecule has 1 amide bonds. The van der Waals surface area contributed by atoms with E-state index in [4.69, 9.17) is 0 Å². The van der Waals surface area contributed by atoms with E-state index in [1.807, 2.05) is 50.2 Å². The van der Waals surface area contributed by atoms with Crippen LogP contribution in [0.15, 0.2) is 48.5 Å². The zero-order valence-corrected chi connectivity index (χ0v) is 16.4. The summed E-state index contributed by atoms with van der Waals surface area (Å²) >= 11 is 0. The van der Waals surface area contributed by atoms with Crippen molar-refractivity contribution >= 4 is 33.0 Å². The van der Waals surface area contributed by atoms with Crippen LogP contribution in [-0.4, -0.2) is 41.2 Å². The van der Waals surface area contributed by atoms with Gasteiger partial charge in [0.05, 0.1) is 11.9 Å². The lowest BCUT2D eigenvalue weighted by atomic mass is 10.1. The van der Waals surface area contributed by atoms with Crippen LogP contribution in [0.1, 0.15) is 12.5 Å². The molecule has 0 saturated carbocycles. The van der Waals surface area contributed by atoms with E-state index in [2.05, 4.69) is 5.32 Å². The fourth-order valence-corrected chi connectivity index (χ4v) is 3.50. The van der Waals surface area contributed by atoms with Crippen molar-refractivity contribution < 1.29 is 13.2 Å². The Hall–Kier alpha value is -2.54. The van der Waals surface area contributed by atoms with Gasteiger partial charge in [-0.2, -0.15) is 0 Å². The van der Waals surface area contributed by atoms with Crippen LogP contribution in [0.2, 0.25) is 0 Å². The molecule has 2 rings (SSSR count). The summed E-state index contributed by atoms with van der Waals surface area (Å²) in [5.74, 6) is -0.390. The van der Waals surface area contributed by atoms with E-state index in [9.17, 15) is 13.2 Å². The first-order chi connectivity index (χ1) is 12.2. The molecule has 0 spiro atoms. The molecule has 0 aromatic heterocycles. The first-order valence-corrected chi connectivity index (χ1v) is 10.2. The molecule has 0 aliphatic carbocycles. The number of nitrogens with zero attached hydrogens (tertiary/aromatic N) is 2. The normalized spacial score (nSPS) is 11.1. The monoisotopic (exact) mass is 375 g/mol. The second-order valence-electron chi connectivity index (χ2n) is 6.24. The van der Waals surface area contributed by atoms with E-state index in [0.717, 1.165) is 21.8 Å². The van der Waals surface area contributed by atoms with Crippen molar-refractivity contribution in [3.63, 3.8) is 0 Å². The third kappa shape index (κ3) is 4.98. The smallest absolute Gasteiger partial charge is 0.245 e. The quantitative estimate of drug-likeness (QED) is 0.808. The fraction of sp³-hybridized carbons (Fsp3) is 0.316. The van der Waals surface area contributed by atoms with Crippen LogP contribution in [0.25, 0.3) is 0 Å². The Bertz CT molecular complexity index is 862. The van der Waals surface area contributed by atoms with Gasteiger partial charge in [0.2, 0.25) is 15.9 Å². The van der Waals surface area contributed by atoms with E-state index in [1.54, 1.807) is 24.3 Å². The number of nitrogens with one attached hydrogen (secondary N) is 1. The predicted molar refractivity (Wildman–Crippen MR) is 107 cm³/mol. The SMILES string of the molecule is CCc1ccccc1N(CC(=O)Nc1ccc(N(C)C)cc1)S(C)(=O)=O. The largest absolute Gasteiger partial charge is 0.378 e. The highest BCUT2D eigenvalue weighted by molar-refractivity contribution is 7.92. The molecular weight excluding hydrogens is 350 g/mol. The van der Waals surface area contributed by atoms with Crippen molar-refractivity contribution in [1.82, 2.24) is 0 Å². The molecule has 0 bridgehead atoms. The lowest BCUT2D eigenvalue weighted by molar-refractivity contribution is -0.114. The second-order valence-corrected chi connectivity index (χ2v) is 8.15. The van der Waals surface area contributed by atoms with Crippen LogP contribution in [0.5, 0.6) is 0 Å². The number of hydrogen-bond donors (Lipinski definition) is 1. The van der Waals surface area contributed by atoms with Crippen molar-refractivity contribution in [2.75, 3.05) is 41.4 Å². The number of benzene rings is 2. The number of anilines is 3. The van der Waals surface area contributed by atoms with Gasteiger partial charge in [-0.1, -0.05) is 25.1 Å². The molecule has 0 aliphatic heterocycles. The summed E-state index contributed by atoms with van der Waals surface area (Å²) in [6.07, 6.45) is 1.79. The number of carbonyl (C=O) groups is 1. The number of carbonyl (C=O) groups excluding carboxylic acids is 1. The highest BCUT2D eigenvalue weighted by Gasteiger charge is 2.22. The van der Waals surface area contributed by atoms with Crippen molar-refractivity contribution in [3.05, 3.63) is 54.1 Å². The highest BCUT2D eigenvalue weighted by atomic mass is 32.2. The molecule has 7 heteroatoms. The topological polar surface area (TPSA) is 69.7 Å². The fourth-order valence-electron chi connectivity index (χ4n) is 2.61. The van der Waals surface area contributed by atoms with Gasteiger partial charge in [-0.3, -0.25) is 9.10 Å². The molecule has 6 nitrogen and oxygen atoms in total. The molecule has 140 valence electrons.